The molecule has 2 amide bonds. The number of amides is 2. The summed E-state index contributed by atoms with van der Waals surface area (Å²) < 4.78 is 13.1. The summed E-state index contributed by atoms with van der Waals surface area (Å²) in [5.41, 5.74) is 2.12. The number of rotatable bonds is 12. The summed E-state index contributed by atoms with van der Waals surface area (Å²) in [4.78, 5) is 27.8. The van der Waals surface area contributed by atoms with Gasteiger partial charge in [-0.15, -0.1) is 0 Å². The number of hydrogen-bond acceptors (Lipinski definition) is 6. The molecule has 1 saturated heterocycles. The first-order chi connectivity index (χ1) is 17.6. The maximum Gasteiger partial charge on any atom is 0.407 e. The first kappa shape index (κ1) is 29.4. The monoisotopic (exact) mass is 521 g/mol. The van der Waals surface area contributed by atoms with Crippen LogP contribution in [0.4, 0.5) is 4.79 Å². The second-order valence-electron chi connectivity index (χ2n) is 11.4. The molecule has 10 heteroatoms. The lowest BCUT2D eigenvalue weighted by molar-refractivity contribution is -0.130. The number of nitrogens with one attached hydrogen (secondary N) is 1. The molecule has 0 radical (unpaired) electrons. The summed E-state index contributed by atoms with van der Waals surface area (Å²) in [6, 6.07) is 0. The Kier molecular flexibility index (Phi) is 10.8. The van der Waals surface area contributed by atoms with Crippen LogP contribution in [0.25, 0.3) is 0 Å². The number of carbonyl (C=O) groups excluding carboxylic acids is 1. The third-order valence-electron chi connectivity index (χ3n) is 8.00. The van der Waals surface area contributed by atoms with Gasteiger partial charge in [0.15, 0.2) is 0 Å². The zero-order valence-corrected chi connectivity index (χ0v) is 23.4. The van der Waals surface area contributed by atoms with Gasteiger partial charge in [0.2, 0.25) is 5.91 Å². The summed E-state index contributed by atoms with van der Waals surface area (Å²) in [5, 5.41) is 17.4. The highest BCUT2D eigenvalue weighted by atomic mass is 16.5. The van der Waals surface area contributed by atoms with E-state index in [9.17, 15) is 14.7 Å². The van der Waals surface area contributed by atoms with Crippen LogP contribution in [-0.2, 0) is 20.8 Å². The summed E-state index contributed by atoms with van der Waals surface area (Å²) in [6.45, 7) is 8.13. The Labute approximate surface area is 221 Å². The fourth-order valence-corrected chi connectivity index (χ4v) is 5.48. The largest absolute Gasteiger partial charge is 0.465 e. The predicted molar refractivity (Wildman–Crippen MR) is 141 cm³/mol. The van der Waals surface area contributed by atoms with E-state index >= 15 is 0 Å². The van der Waals surface area contributed by atoms with Gasteiger partial charge in [-0.25, -0.2) is 9.48 Å². The zero-order chi connectivity index (χ0) is 27.0. The molecule has 1 saturated carbocycles. The van der Waals surface area contributed by atoms with Gasteiger partial charge in [0.25, 0.3) is 0 Å². The van der Waals surface area contributed by atoms with E-state index in [1.807, 2.05) is 11.7 Å². The highest BCUT2D eigenvalue weighted by Crippen LogP contribution is 2.47. The average molecular weight is 522 g/mol. The minimum atomic E-state index is -0.923. The van der Waals surface area contributed by atoms with Crippen LogP contribution in [0.5, 0.6) is 0 Å². The molecule has 3 rings (SSSR count). The quantitative estimate of drug-likeness (QED) is 0.404. The Balaban J connectivity index is 1.77. The Hall–Kier alpha value is -2.17. The Morgan fingerprint density at radius 1 is 1.27 bits per heavy atom. The number of likely N-dealkylation sites (N-methyl/N-ethyl adjacent to an activating group) is 2. The van der Waals surface area contributed by atoms with Crippen LogP contribution in [0.15, 0.2) is 6.20 Å². The molecule has 1 aromatic heterocycles. The average Bonchev–Trinajstić information content (AvgIpc) is 3.28. The number of carboxylic acid groups (broad SMARTS) is 1. The SMILES string of the molecule is COCCCNC(=O)[C@H]1CC(c2nn(C3CCCCO3)cc2CN(C)CCN(C)C(=O)O)CCC1(C)C. The Bertz CT molecular complexity index is 883. The minimum absolute atomic E-state index is 0.0513. The van der Waals surface area contributed by atoms with Crippen molar-refractivity contribution in [2.45, 2.75) is 77.5 Å². The maximum absolute atomic E-state index is 13.2. The minimum Gasteiger partial charge on any atom is -0.465 e. The molecule has 1 aromatic rings. The summed E-state index contributed by atoms with van der Waals surface area (Å²) in [5.74, 6) is 0.230. The second-order valence-corrected chi connectivity index (χ2v) is 11.4. The zero-order valence-electron chi connectivity index (χ0n) is 23.4. The Morgan fingerprint density at radius 2 is 2.05 bits per heavy atom. The molecule has 0 spiro atoms. The number of aromatic nitrogens is 2. The lowest BCUT2D eigenvalue weighted by Crippen LogP contribution is -2.43. The third kappa shape index (κ3) is 8.15. The van der Waals surface area contributed by atoms with E-state index in [0.717, 1.165) is 62.8 Å². The van der Waals surface area contributed by atoms with Gasteiger partial charge < -0.3 is 29.7 Å². The van der Waals surface area contributed by atoms with Gasteiger partial charge in [-0.05, 0) is 57.4 Å². The van der Waals surface area contributed by atoms with Crippen LogP contribution in [0, 0.1) is 11.3 Å². The standard InChI is InChI=1S/C27H47N5O5/c1-27(2)11-10-20(17-22(27)25(33)28-12-8-15-36-5)24-21(18-30(3)13-14-31(4)26(34)35)19-32(29-24)23-9-6-7-16-37-23/h19-20,22-23H,6-18H2,1-5H3,(H,28,33)(H,34,35)/t20?,22-,23?/m1/s1. The molecule has 2 unspecified atom stereocenters. The van der Waals surface area contributed by atoms with Crippen LogP contribution in [0.1, 0.15) is 82.2 Å². The Morgan fingerprint density at radius 3 is 2.73 bits per heavy atom. The van der Waals surface area contributed by atoms with Crippen molar-refractivity contribution in [3.05, 3.63) is 17.5 Å². The van der Waals surface area contributed by atoms with Gasteiger partial charge in [0.1, 0.15) is 6.23 Å². The van der Waals surface area contributed by atoms with Gasteiger partial charge in [-0.3, -0.25) is 4.79 Å². The molecular formula is C27H47N5O5. The van der Waals surface area contributed by atoms with Crippen molar-refractivity contribution in [2.24, 2.45) is 11.3 Å². The molecule has 1 aliphatic heterocycles. The van der Waals surface area contributed by atoms with Crippen molar-refractivity contribution in [2.75, 3.05) is 54.1 Å². The van der Waals surface area contributed by atoms with Crippen molar-refractivity contribution >= 4 is 12.0 Å². The molecular weight excluding hydrogens is 474 g/mol. The topological polar surface area (TPSA) is 109 Å². The summed E-state index contributed by atoms with van der Waals surface area (Å²) in [6.07, 6.45) is 7.81. The van der Waals surface area contributed by atoms with Gasteiger partial charge in [-0.2, -0.15) is 5.10 Å². The molecule has 210 valence electrons. The van der Waals surface area contributed by atoms with Gasteiger partial charge in [0, 0.05) is 77.1 Å². The summed E-state index contributed by atoms with van der Waals surface area (Å²) >= 11 is 0. The molecule has 2 heterocycles. The van der Waals surface area contributed by atoms with Gasteiger partial charge >= 0.3 is 6.09 Å². The van der Waals surface area contributed by atoms with Crippen molar-refractivity contribution in [1.82, 2.24) is 24.9 Å². The van der Waals surface area contributed by atoms with Crippen LogP contribution in [0.2, 0.25) is 0 Å². The third-order valence-corrected chi connectivity index (χ3v) is 8.00. The van der Waals surface area contributed by atoms with Crippen LogP contribution >= 0.6 is 0 Å². The lowest BCUT2D eigenvalue weighted by Gasteiger charge is -2.41. The smallest absolute Gasteiger partial charge is 0.407 e. The van der Waals surface area contributed by atoms with Crippen LogP contribution in [-0.4, -0.2) is 90.7 Å². The number of nitrogens with zero attached hydrogens (tertiary/aromatic N) is 4. The molecule has 2 fully saturated rings. The summed E-state index contributed by atoms with van der Waals surface area (Å²) in [7, 11) is 5.27. The molecule has 2 aliphatic rings. The van der Waals surface area contributed by atoms with Crippen molar-refractivity contribution in [1.29, 1.82) is 0 Å². The number of methoxy groups -OCH3 is 1. The van der Waals surface area contributed by atoms with Gasteiger partial charge in [0.05, 0.1) is 5.69 Å². The van der Waals surface area contributed by atoms with Crippen molar-refractivity contribution in [3.63, 3.8) is 0 Å². The highest BCUT2D eigenvalue weighted by Gasteiger charge is 2.42. The maximum atomic E-state index is 13.2. The first-order valence-electron chi connectivity index (χ1n) is 13.7. The van der Waals surface area contributed by atoms with E-state index in [4.69, 9.17) is 14.6 Å². The molecule has 1 aliphatic carbocycles. The van der Waals surface area contributed by atoms with E-state index in [1.165, 1.54) is 4.90 Å². The molecule has 37 heavy (non-hydrogen) atoms. The van der Waals surface area contributed by atoms with Crippen molar-refractivity contribution < 1.29 is 24.2 Å². The fraction of sp³-hybridized carbons (Fsp3) is 0.815. The molecule has 2 N–H and O–H groups in total. The first-order valence-corrected chi connectivity index (χ1v) is 13.7. The fourth-order valence-electron chi connectivity index (χ4n) is 5.48. The van der Waals surface area contributed by atoms with E-state index in [0.29, 0.717) is 32.8 Å². The molecule has 3 atom stereocenters. The number of ether oxygens (including phenoxy) is 2. The molecule has 0 bridgehead atoms. The predicted octanol–water partition coefficient (Wildman–Crippen LogP) is 3.69. The van der Waals surface area contributed by atoms with E-state index < -0.39 is 6.09 Å². The lowest BCUT2D eigenvalue weighted by atomic mass is 9.64. The van der Waals surface area contributed by atoms with E-state index in [-0.39, 0.29) is 29.4 Å². The molecule has 10 nitrogen and oxygen atoms in total. The van der Waals surface area contributed by atoms with Gasteiger partial charge in [-0.1, -0.05) is 13.8 Å². The highest BCUT2D eigenvalue weighted by molar-refractivity contribution is 5.79. The van der Waals surface area contributed by atoms with Crippen LogP contribution < -0.4 is 5.32 Å². The van der Waals surface area contributed by atoms with Crippen LogP contribution in [0.3, 0.4) is 0 Å². The molecule has 0 aromatic carbocycles. The number of hydrogen-bond donors (Lipinski definition) is 2. The number of carbonyl (C=O) groups is 2. The second kappa shape index (κ2) is 13.6. The van der Waals surface area contributed by atoms with E-state index in [2.05, 4.69) is 30.3 Å². The van der Waals surface area contributed by atoms with Crippen molar-refractivity contribution in [3.8, 4) is 0 Å². The van der Waals surface area contributed by atoms with E-state index in [1.54, 1.807) is 14.2 Å². The normalized spacial score (nSPS) is 23.7.